The van der Waals surface area contributed by atoms with E-state index in [1.54, 1.807) is 31.4 Å². The minimum Gasteiger partial charge on any atom is -0.497 e. The average Bonchev–Trinajstić information content (AvgIpc) is 2.86. The molecule has 5 nitrogen and oxygen atoms in total. The number of nitriles is 1. The first kappa shape index (κ1) is 21.7. The molecule has 0 atom stereocenters. The van der Waals surface area contributed by atoms with Crippen LogP contribution in [0.4, 0.5) is 5.69 Å². The number of carbonyl (C=O) groups excluding carboxylic acids is 1. The maximum atomic E-state index is 12.6. The molecule has 0 fully saturated rings. The number of fused-ring (bicyclic) bond motifs is 1. The number of para-hydroxylation sites is 1. The second-order valence-electron chi connectivity index (χ2n) is 7.36. The third-order valence-electron chi connectivity index (χ3n) is 5.14. The zero-order valence-corrected chi connectivity index (χ0v) is 18.1. The van der Waals surface area contributed by atoms with E-state index in [2.05, 4.69) is 29.6 Å². The Morgan fingerprint density at radius 2 is 1.67 bits per heavy atom. The van der Waals surface area contributed by atoms with Crippen LogP contribution in [0.1, 0.15) is 11.1 Å². The van der Waals surface area contributed by atoms with Crippen molar-refractivity contribution in [3.63, 3.8) is 0 Å². The van der Waals surface area contributed by atoms with E-state index in [0.29, 0.717) is 29.4 Å². The molecular formula is C28H22N2O3. The normalized spacial score (nSPS) is 11.0. The van der Waals surface area contributed by atoms with Gasteiger partial charge >= 0.3 is 0 Å². The van der Waals surface area contributed by atoms with Crippen molar-refractivity contribution in [2.45, 2.75) is 6.61 Å². The van der Waals surface area contributed by atoms with Gasteiger partial charge in [0.2, 0.25) is 0 Å². The van der Waals surface area contributed by atoms with Gasteiger partial charge in [-0.1, -0.05) is 54.6 Å². The number of nitrogens with zero attached hydrogens (tertiary/aromatic N) is 1. The molecule has 0 aliphatic carbocycles. The highest BCUT2D eigenvalue weighted by molar-refractivity contribution is 6.09. The van der Waals surface area contributed by atoms with E-state index in [-0.39, 0.29) is 5.57 Å². The van der Waals surface area contributed by atoms with Gasteiger partial charge in [0.1, 0.15) is 29.7 Å². The molecule has 0 saturated carbocycles. The molecule has 0 saturated heterocycles. The molecule has 0 spiro atoms. The van der Waals surface area contributed by atoms with Gasteiger partial charge in [-0.05, 0) is 58.8 Å². The Bertz CT molecular complexity index is 1350. The lowest BCUT2D eigenvalue weighted by atomic mass is 10.1. The second-order valence-corrected chi connectivity index (χ2v) is 7.36. The van der Waals surface area contributed by atoms with Crippen LogP contribution in [-0.2, 0) is 11.4 Å². The summed E-state index contributed by atoms with van der Waals surface area (Å²) in [6, 6.07) is 30.6. The zero-order chi connectivity index (χ0) is 23.0. The topological polar surface area (TPSA) is 71.3 Å². The minimum absolute atomic E-state index is 0.0208. The first-order valence-corrected chi connectivity index (χ1v) is 10.4. The smallest absolute Gasteiger partial charge is 0.266 e. The van der Waals surface area contributed by atoms with Gasteiger partial charge in [0.15, 0.2) is 0 Å². The highest BCUT2D eigenvalue weighted by Crippen LogP contribution is 2.24. The summed E-state index contributed by atoms with van der Waals surface area (Å²) in [5.41, 5.74) is 2.24. The van der Waals surface area contributed by atoms with Crippen molar-refractivity contribution in [1.29, 1.82) is 5.26 Å². The van der Waals surface area contributed by atoms with Crippen LogP contribution in [-0.4, -0.2) is 13.0 Å². The highest BCUT2D eigenvalue weighted by Gasteiger charge is 2.12. The van der Waals surface area contributed by atoms with Crippen molar-refractivity contribution < 1.29 is 14.3 Å². The molecule has 0 radical (unpaired) electrons. The van der Waals surface area contributed by atoms with Crippen LogP contribution >= 0.6 is 0 Å². The molecule has 0 aliphatic rings. The number of hydrogen-bond donors (Lipinski definition) is 1. The van der Waals surface area contributed by atoms with Crippen molar-refractivity contribution in [2.24, 2.45) is 0 Å². The fourth-order valence-electron chi connectivity index (χ4n) is 3.40. The summed E-state index contributed by atoms with van der Waals surface area (Å²) >= 11 is 0. The van der Waals surface area contributed by atoms with Crippen molar-refractivity contribution in [3.05, 3.63) is 108 Å². The van der Waals surface area contributed by atoms with Gasteiger partial charge in [0.25, 0.3) is 5.91 Å². The summed E-state index contributed by atoms with van der Waals surface area (Å²) in [5.74, 6) is 0.782. The molecule has 33 heavy (non-hydrogen) atoms. The fraction of sp³-hybridized carbons (Fsp3) is 0.0714. The molecule has 0 aromatic heterocycles. The lowest BCUT2D eigenvalue weighted by molar-refractivity contribution is -0.112. The molecule has 0 bridgehead atoms. The molecule has 0 aliphatic heterocycles. The number of carbonyl (C=O) groups is 1. The van der Waals surface area contributed by atoms with Crippen LogP contribution in [0.25, 0.3) is 16.8 Å². The summed E-state index contributed by atoms with van der Waals surface area (Å²) in [7, 11) is 1.57. The van der Waals surface area contributed by atoms with Gasteiger partial charge < -0.3 is 14.8 Å². The molecular weight excluding hydrogens is 412 g/mol. The Balaban J connectivity index is 1.50. The van der Waals surface area contributed by atoms with Crippen LogP contribution < -0.4 is 14.8 Å². The molecule has 1 amide bonds. The Hall–Kier alpha value is -4.56. The number of nitrogens with one attached hydrogen (secondary N) is 1. The molecule has 4 rings (SSSR count). The standard InChI is InChI=1S/C28H22N2O3/c1-32-26-14-12-25(13-15-26)30-28(31)24(18-29)17-23-8-4-5-9-27(23)33-19-20-10-11-21-6-2-3-7-22(21)16-20/h2-17H,19H2,1H3,(H,30,31)/b24-17+. The van der Waals surface area contributed by atoms with Crippen LogP contribution in [0.2, 0.25) is 0 Å². The van der Waals surface area contributed by atoms with E-state index in [4.69, 9.17) is 9.47 Å². The molecule has 0 heterocycles. The summed E-state index contributed by atoms with van der Waals surface area (Å²) in [6.45, 7) is 0.371. The van der Waals surface area contributed by atoms with E-state index < -0.39 is 5.91 Å². The van der Waals surface area contributed by atoms with E-state index >= 15 is 0 Å². The van der Waals surface area contributed by atoms with Crippen molar-refractivity contribution >= 4 is 28.4 Å². The molecule has 4 aromatic rings. The first-order chi connectivity index (χ1) is 16.2. The first-order valence-electron chi connectivity index (χ1n) is 10.4. The molecule has 1 N–H and O–H groups in total. The van der Waals surface area contributed by atoms with E-state index in [1.165, 1.54) is 11.5 Å². The average molecular weight is 434 g/mol. The summed E-state index contributed by atoms with van der Waals surface area (Å²) in [6.07, 6.45) is 1.54. The van der Waals surface area contributed by atoms with Gasteiger partial charge in [-0.25, -0.2) is 0 Å². The lowest BCUT2D eigenvalue weighted by Gasteiger charge is -2.11. The minimum atomic E-state index is -0.494. The summed E-state index contributed by atoms with van der Waals surface area (Å²) in [4.78, 5) is 12.6. The SMILES string of the molecule is COc1ccc(NC(=O)/C(C#N)=C/c2ccccc2OCc2ccc3ccccc3c2)cc1. The Labute approximate surface area is 192 Å². The van der Waals surface area contributed by atoms with Gasteiger partial charge in [0.05, 0.1) is 7.11 Å². The van der Waals surface area contributed by atoms with Crippen LogP contribution in [0.3, 0.4) is 0 Å². The van der Waals surface area contributed by atoms with Crippen LogP contribution in [0, 0.1) is 11.3 Å². The lowest BCUT2D eigenvalue weighted by Crippen LogP contribution is -2.13. The predicted octanol–water partition coefficient (Wildman–Crippen LogP) is 5.97. The number of amides is 1. The monoisotopic (exact) mass is 434 g/mol. The number of rotatable bonds is 7. The van der Waals surface area contributed by atoms with Gasteiger partial charge in [-0.3, -0.25) is 4.79 Å². The zero-order valence-electron chi connectivity index (χ0n) is 18.1. The van der Waals surface area contributed by atoms with E-state index in [9.17, 15) is 10.1 Å². The third kappa shape index (κ3) is 5.38. The summed E-state index contributed by atoms with van der Waals surface area (Å²) in [5, 5.41) is 14.6. The quantitative estimate of drug-likeness (QED) is 0.287. The van der Waals surface area contributed by atoms with Crippen LogP contribution in [0.15, 0.2) is 96.6 Å². The molecule has 5 heteroatoms. The number of methoxy groups -OCH3 is 1. The molecule has 4 aromatic carbocycles. The second kappa shape index (κ2) is 10.2. The maximum Gasteiger partial charge on any atom is 0.266 e. The number of hydrogen-bond acceptors (Lipinski definition) is 4. The number of ether oxygens (including phenoxy) is 2. The summed E-state index contributed by atoms with van der Waals surface area (Å²) < 4.78 is 11.2. The van der Waals surface area contributed by atoms with Gasteiger partial charge in [-0.15, -0.1) is 0 Å². The molecule has 0 unspecified atom stereocenters. The Morgan fingerprint density at radius 1 is 0.939 bits per heavy atom. The molecule has 162 valence electrons. The Kier molecular flexibility index (Phi) is 6.67. The number of benzene rings is 4. The number of anilines is 1. The van der Waals surface area contributed by atoms with Crippen molar-refractivity contribution in [1.82, 2.24) is 0 Å². The maximum absolute atomic E-state index is 12.6. The third-order valence-corrected chi connectivity index (χ3v) is 5.14. The van der Waals surface area contributed by atoms with E-state index in [0.717, 1.165) is 10.9 Å². The fourth-order valence-corrected chi connectivity index (χ4v) is 3.40. The van der Waals surface area contributed by atoms with Gasteiger partial charge in [0, 0.05) is 11.3 Å². The Morgan fingerprint density at radius 3 is 2.42 bits per heavy atom. The highest BCUT2D eigenvalue weighted by atomic mass is 16.5. The predicted molar refractivity (Wildman–Crippen MR) is 130 cm³/mol. The van der Waals surface area contributed by atoms with Gasteiger partial charge in [-0.2, -0.15) is 5.26 Å². The van der Waals surface area contributed by atoms with Crippen molar-refractivity contribution in [2.75, 3.05) is 12.4 Å². The largest absolute Gasteiger partial charge is 0.497 e. The van der Waals surface area contributed by atoms with Crippen LogP contribution in [0.5, 0.6) is 11.5 Å². The van der Waals surface area contributed by atoms with Crippen molar-refractivity contribution in [3.8, 4) is 17.6 Å². The van der Waals surface area contributed by atoms with E-state index in [1.807, 2.05) is 48.5 Å².